The Bertz CT molecular complexity index is 794. The maximum atomic E-state index is 12.2. The smallest absolute Gasteiger partial charge is 0.394 e. The zero-order valence-corrected chi connectivity index (χ0v) is 10.4. The molecule has 0 radical (unpaired) electrons. The number of benzene rings is 1. The molecule has 2 N–H and O–H groups in total. The standard InChI is InChI=1S/C13H11N3O4/c17-11(13(19)20)14-7-3-4-8-9(6-7)15-10-2-1-5-16(10)12(8)18/h3-4,6H,1-2,5H2,(H,14,17)(H,19,20). The van der Waals surface area contributed by atoms with Crippen molar-refractivity contribution in [3.05, 3.63) is 34.4 Å². The number of carbonyl (C=O) groups is 2. The van der Waals surface area contributed by atoms with Gasteiger partial charge in [-0.3, -0.25) is 14.2 Å². The molecule has 102 valence electrons. The quantitative estimate of drug-likeness (QED) is 0.731. The minimum absolute atomic E-state index is 0.0985. The fourth-order valence-electron chi connectivity index (χ4n) is 2.35. The van der Waals surface area contributed by atoms with E-state index in [-0.39, 0.29) is 5.56 Å². The third-order valence-electron chi connectivity index (χ3n) is 3.27. The first-order chi connectivity index (χ1) is 9.56. The molecule has 0 saturated carbocycles. The van der Waals surface area contributed by atoms with Crippen LogP contribution in [-0.2, 0) is 22.6 Å². The number of fused-ring (bicyclic) bond motifs is 2. The number of carbonyl (C=O) groups excluding carboxylic acids is 1. The molecular weight excluding hydrogens is 262 g/mol. The van der Waals surface area contributed by atoms with Gasteiger partial charge in [0.2, 0.25) is 0 Å². The molecule has 20 heavy (non-hydrogen) atoms. The Morgan fingerprint density at radius 1 is 1.35 bits per heavy atom. The number of rotatable bonds is 1. The van der Waals surface area contributed by atoms with Crippen LogP contribution in [0.2, 0.25) is 0 Å². The minimum Gasteiger partial charge on any atom is -0.474 e. The van der Waals surface area contributed by atoms with E-state index in [1.807, 2.05) is 0 Å². The molecule has 2 heterocycles. The molecule has 1 aliphatic heterocycles. The van der Waals surface area contributed by atoms with Gasteiger partial charge in [0.1, 0.15) is 5.82 Å². The summed E-state index contributed by atoms with van der Waals surface area (Å²) in [7, 11) is 0. The van der Waals surface area contributed by atoms with E-state index >= 15 is 0 Å². The Hall–Kier alpha value is -2.70. The van der Waals surface area contributed by atoms with Crippen LogP contribution in [0.3, 0.4) is 0 Å². The molecule has 0 saturated heterocycles. The van der Waals surface area contributed by atoms with E-state index in [2.05, 4.69) is 10.3 Å². The highest BCUT2D eigenvalue weighted by Gasteiger charge is 2.17. The molecule has 1 aliphatic rings. The van der Waals surface area contributed by atoms with E-state index in [0.717, 1.165) is 18.7 Å². The van der Waals surface area contributed by atoms with E-state index < -0.39 is 11.9 Å². The van der Waals surface area contributed by atoms with Crippen LogP contribution in [0.4, 0.5) is 5.69 Å². The minimum atomic E-state index is -1.56. The second-order valence-electron chi connectivity index (χ2n) is 4.58. The first kappa shape index (κ1) is 12.3. The molecule has 7 heteroatoms. The van der Waals surface area contributed by atoms with Crippen molar-refractivity contribution in [2.75, 3.05) is 5.32 Å². The summed E-state index contributed by atoms with van der Waals surface area (Å²) in [5.41, 5.74) is 0.671. The van der Waals surface area contributed by atoms with Crippen molar-refractivity contribution in [2.24, 2.45) is 0 Å². The predicted octanol–water partition coefficient (Wildman–Crippen LogP) is 0.366. The van der Waals surface area contributed by atoms with E-state index in [0.29, 0.717) is 23.1 Å². The Morgan fingerprint density at radius 3 is 2.90 bits per heavy atom. The summed E-state index contributed by atoms with van der Waals surface area (Å²) in [6, 6.07) is 4.55. The summed E-state index contributed by atoms with van der Waals surface area (Å²) < 4.78 is 1.65. The number of aryl methyl sites for hydroxylation is 1. The van der Waals surface area contributed by atoms with Crippen LogP contribution < -0.4 is 10.9 Å². The van der Waals surface area contributed by atoms with Gasteiger partial charge >= 0.3 is 11.9 Å². The van der Waals surface area contributed by atoms with E-state index in [1.54, 1.807) is 10.6 Å². The summed E-state index contributed by atoms with van der Waals surface area (Å²) in [6.07, 6.45) is 1.64. The van der Waals surface area contributed by atoms with Gasteiger partial charge in [0.15, 0.2) is 0 Å². The number of aromatic nitrogens is 2. The fraction of sp³-hybridized carbons (Fsp3) is 0.231. The van der Waals surface area contributed by atoms with E-state index in [1.165, 1.54) is 12.1 Å². The molecule has 0 atom stereocenters. The van der Waals surface area contributed by atoms with Gasteiger partial charge in [-0.15, -0.1) is 0 Å². The molecule has 0 fully saturated rings. The van der Waals surface area contributed by atoms with Gasteiger partial charge in [-0.1, -0.05) is 0 Å². The van der Waals surface area contributed by atoms with Crippen molar-refractivity contribution in [3.63, 3.8) is 0 Å². The number of nitrogens with zero attached hydrogens (tertiary/aromatic N) is 2. The van der Waals surface area contributed by atoms with Crippen LogP contribution in [0, 0.1) is 0 Å². The number of hydrogen-bond donors (Lipinski definition) is 2. The summed E-state index contributed by atoms with van der Waals surface area (Å²) in [6.45, 7) is 0.675. The van der Waals surface area contributed by atoms with Crippen molar-refractivity contribution in [1.82, 2.24) is 9.55 Å². The van der Waals surface area contributed by atoms with Gasteiger partial charge in [0.05, 0.1) is 10.9 Å². The number of amides is 1. The first-order valence-corrected chi connectivity index (χ1v) is 6.14. The average molecular weight is 273 g/mol. The monoisotopic (exact) mass is 273 g/mol. The Kier molecular flexibility index (Phi) is 2.74. The largest absolute Gasteiger partial charge is 0.474 e. The summed E-state index contributed by atoms with van der Waals surface area (Å²) >= 11 is 0. The van der Waals surface area contributed by atoms with E-state index in [4.69, 9.17) is 5.11 Å². The number of anilines is 1. The molecule has 2 aromatic rings. The van der Waals surface area contributed by atoms with Crippen LogP contribution in [0.15, 0.2) is 23.0 Å². The van der Waals surface area contributed by atoms with Gasteiger partial charge < -0.3 is 10.4 Å². The molecular formula is C13H11N3O4. The lowest BCUT2D eigenvalue weighted by atomic mass is 10.2. The molecule has 7 nitrogen and oxygen atoms in total. The highest BCUT2D eigenvalue weighted by atomic mass is 16.4. The number of aliphatic carboxylic acids is 1. The molecule has 0 unspecified atom stereocenters. The summed E-state index contributed by atoms with van der Waals surface area (Å²) in [5, 5.41) is 11.2. The lowest BCUT2D eigenvalue weighted by Gasteiger charge is -2.07. The lowest BCUT2D eigenvalue weighted by Crippen LogP contribution is -2.23. The number of carboxylic acid groups (broad SMARTS) is 1. The molecule has 0 spiro atoms. The second kappa shape index (κ2) is 4.44. The van der Waals surface area contributed by atoms with Crippen LogP contribution in [-0.4, -0.2) is 26.5 Å². The predicted molar refractivity (Wildman–Crippen MR) is 70.6 cm³/mol. The van der Waals surface area contributed by atoms with Gasteiger partial charge in [0, 0.05) is 18.7 Å². The van der Waals surface area contributed by atoms with Crippen molar-refractivity contribution >= 4 is 28.5 Å². The average Bonchev–Trinajstić information content (AvgIpc) is 2.87. The highest BCUT2D eigenvalue weighted by Crippen LogP contribution is 2.18. The zero-order chi connectivity index (χ0) is 14.3. The summed E-state index contributed by atoms with van der Waals surface area (Å²) in [5.74, 6) is -1.96. The van der Waals surface area contributed by atoms with Gasteiger partial charge in [-0.25, -0.2) is 9.78 Å². The first-order valence-electron chi connectivity index (χ1n) is 6.14. The van der Waals surface area contributed by atoms with Crippen molar-refractivity contribution in [3.8, 4) is 0 Å². The van der Waals surface area contributed by atoms with Gasteiger partial charge in [-0.2, -0.15) is 0 Å². The molecule has 0 aliphatic carbocycles. The zero-order valence-electron chi connectivity index (χ0n) is 10.4. The Balaban J connectivity index is 2.08. The van der Waals surface area contributed by atoms with Gasteiger partial charge in [0.25, 0.3) is 5.56 Å². The van der Waals surface area contributed by atoms with Crippen molar-refractivity contribution < 1.29 is 14.7 Å². The molecule has 1 amide bonds. The number of nitrogens with one attached hydrogen (secondary N) is 1. The van der Waals surface area contributed by atoms with Crippen LogP contribution in [0.1, 0.15) is 12.2 Å². The Labute approximate surface area is 112 Å². The highest BCUT2D eigenvalue weighted by molar-refractivity contribution is 6.36. The van der Waals surface area contributed by atoms with Crippen LogP contribution in [0.5, 0.6) is 0 Å². The maximum absolute atomic E-state index is 12.2. The number of hydrogen-bond acceptors (Lipinski definition) is 4. The molecule has 3 rings (SSSR count). The lowest BCUT2D eigenvalue weighted by molar-refractivity contribution is -0.147. The van der Waals surface area contributed by atoms with Gasteiger partial charge in [-0.05, 0) is 24.6 Å². The normalized spacial score (nSPS) is 13.2. The summed E-state index contributed by atoms with van der Waals surface area (Å²) in [4.78, 5) is 38.2. The topological polar surface area (TPSA) is 101 Å². The van der Waals surface area contributed by atoms with E-state index in [9.17, 15) is 14.4 Å². The van der Waals surface area contributed by atoms with Crippen LogP contribution in [0.25, 0.3) is 10.9 Å². The fourth-order valence-corrected chi connectivity index (χ4v) is 2.35. The molecule has 1 aromatic carbocycles. The second-order valence-corrected chi connectivity index (χ2v) is 4.58. The van der Waals surface area contributed by atoms with Crippen LogP contribution >= 0.6 is 0 Å². The third kappa shape index (κ3) is 1.93. The third-order valence-corrected chi connectivity index (χ3v) is 3.27. The number of carboxylic acids is 1. The van der Waals surface area contributed by atoms with Crippen molar-refractivity contribution in [1.29, 1.82) is 0 Å². The SMILES string of the molecule is O=C(O)C(=O)Nc1ccc2c(=O)n3c(nc2c1)CCC3. The Morgan fingerprint density at radius 2 is 2.15 bits per heavy atom. The molecule has 0 bridgehead atoms. The van der Waals surface area contributed by atoms with Crippen molar-refractivity contribution in [2.45, 2.75) is 19.4 Å². The maximum Gasteiger partial charge on any atom is 0.394 e. The molecule has 1 aromatic heterocycles.